The second-order valence-corrected chi connectivity index (χ2v) is 5.39. The summed E-state index contributed by atoms with van der Waals surface area (Å²) >= 11 is 0. The topological polar surface area (TPSA) is 98.5 Å². The van der Waals surface area contributed by atoms with E-state index < -0.39 is 22.8 Å². The molecule has 1 amide bonds. The van der Waals surface area contributed by atoms with Gasteiger partial charge in [0, 0.05) is 17.2 Å². The number of esters is 1. The maximum atomic E-state index is 12.3. The first-order chi connectivity index (χ1) is 10.3. The quantitative estimate of drug-likeness (QED) is 0.493. The molecule has 0 aliphatic heterocycles. The largest absolute Gasteiger partial charge is 0.467 e. The van der Waals surface area contributed by atoms with Crippen molar-refractivity contribution in [3.8, 4) is 0 Å². The molecule has 1 atom stereocenters. The van der Waals surface area contributed by atoms with Gasteiger partial charge in [-0.3, -0.25) is 14.9 Å². The van der Waals surface area contributed by atoms with Crippen molar-refractivity contribution < 1.29 is 19.2 Å². The molecule has 0 aliphatic carbocycles. The molecule has 1 rings (SSSR count). The summed E-state index contributed by atoms with van der Waals surface area (Å²) < 4.78 is 4.68. The Morgan fingerprint density at radius 3 is 2.50 bits per heavy atom. The maximum absolute atomic E-state index is 12.3. The maximum Gasteiger partial charge on any atom is 0.328 e. The molecule has 7 heteroatoms. The number of benzene rings is 1. The minimum Gasteiger partial charge on any atom is -0.467 e. The molecule has 0 heterocycles. The third-order valence-electron chi connectivity index (χ3n) is 3.24. The highest BCUT2D eigenvalue weighted by molar-refractivity contribution is 5.98. The Labute approximate surface area is 128 Å². The van der Waals surface area contributed by atoms with E-state index in [1.807, 2.05) is 13.8 Å². The summed E-state index contributed by atoms with van der Waals surface area (Å²) in [6, 6.07) is 3.48. The van der Waals surface area contributed by atoms with Gasteiger partial charge in [0.1, 0.15) is 6.04 Å². The highest BCUT2D eigenvalue weighted by Gasteiger charge is 2.25. The van der Waals surface area contributed by atoms with Gasteiger partial charge >= 0.3 is 5.97 Å². The smallest absolute Gasteiger partial charge is 0.328 e. The van der Waals surface area contributed by atoms with Gasteiger partial charge in [-0.2, -0.15) is 0 Å². The Hall–Kier alpha value is -2.44. The number of amides is 1. The van der Waals surface area contributed by atoms with Crippen molar-refractivity contribution >= 4 is 17.6 Å². The van der Waals surface area contributed by atoms with Crippen LogP contribution in [0.25, 0.3) is 0 Å². The Bertz CT molecular complexity index is 583. The van der Waals surface area contributed by atoms with Gasteiger partial charge in [-0.25, -0.2) is 4.79 Å². The molecular weight excluding hydrogens is 288 g/mol. The Balaban J connectivity index is 3.02. The van der Waals surface area contributed by atoms with Crippen LogP contribution in [-0.2, 0) is 9.53 Å². The van der Waals surface area contributed by atoms with Crippen molar-refractivity contribution in [1.29, 1.82) is 0 Å². The molecular formula is C15H20N2O5. The second-order valence-electron chi connectivity index (χ2n) is 5.39. The van der Waals surface area contributed by atoms with Crippen molar-refractivity contribution in [1.82, 2.24) is 5.32 Å². The first-order valence-corrected chi connectivity index (χ1v) is 6.90. The van der Waals surface area contributed by atoms with Crippen LogP contribution in [-0.4, -0.2) is 30.0 Å². The highest BCUT2D eigenvalue weighted by Crippen LogP contribution is 2.21. The monoisotopic (exact) mass is 308 g/mol. The van der Waals surface area contributed by atoms with Gasteiger partial charge in [-0.1, -0.05) is 19.9 Å². The number of nitrogens with one attached hydrogen (secondary N) is 1. The predicted molar refractivity (Wildman–Crippen MR) is 80.6 cm³/mol. The van der Waals surface area contributed by atoms with Gasteiger partial charge in [-0.05, 0) is 25.3 Å². The molecule has 0 unspecified atom stereocenters. The molecule has 0 aromatic heterocycles. The van der Waals surface area contributed by atoms with Crippen LogP contribution >= 0.6 is 0 Å². The number of hydrogen-bond acceptors (Lipinski definition) is 5. The lowest BCUT2D eigenvalue weighted by atomic mass is 10.0. The van der Waals surface area contributed by atoms with Crippen molar-refractivity contribution in [2.75, 3.05) is 7.11 Å². The molecule has 1 aromatic carbocycles. The van der Waals surface area contributed by atoms with Crippen molar-refractivity contribution in [3.63, 3.8) is 0 Å². The Kier molecular flexibility index (Phi) is 6.03. The number of hydrogen-bond donors (Lipinski definition) is 1. The Morgan fingerprint density at radius 1 is 1.36 bits per heavy atom. The summed E-state index contributed by atoms with van der Waals surface area (Å²) in [4.78, 5) is 34.4. The van der Waals surface area contributed by atoms with E-state index in [0.29, 0.717) is 6.42 Å². The zero-order valence-corrected chi connectivity index (χ0v) is 13.1. The molecule has 22 heavy (non-hydrogen) atoms. The lowest BCUT2D eigenvalue weighted by molar-refractivity contribution is -0.385. The minimum absolute atomic E-state index is 0.133. The fraction of sp³-hybridized carbons (Fsp3) is 0.467. The molecule has 0 saturated carbocycles. The molecule has 1 N–H and O–H groups in total. The SMILES string of the molecule is COC(=O)[C@H](CC(C)C)NC(=O)c1cccc([N+](=O)[O-])c1C. The van der Waals surface area contributed by atoms with Crippen molar-refractivity contribution in [2.45, 2.75) is 33.2 Å². The molecule has 0 aliphatic rings. The van der Waals surface area contributed by atoms with Crippen molar-refractivity contribution in [2.24, 2.45) is 5.92 Å². The molecule has 1 aromatic rings. The molecule has 0 bridgehead atoms. The number of rotatable bonds is 6. The molecule has 0 fully saturated rings. The molecule has 0 spiro atoms. The summed E-state index contributed by atoms with van der Waals surface area (Å²) in [5, 5.41) is 13.5. The van der Waals surface area contributed by atoms with Gasteiger partial charge in [0.2, 0.25) is 0 Å². The second kappa shape index (κ2) is 7.53. The average Bonchev–Trinajstić information content (AvgIpc) is 2.44. The van der Waals surface area contributed by atoms with E-state index in [4.69, 9.17) is 0 Å². The fourth-order valence-corrected chi connectivity index (χ4v) is 2.13. The lowest BCUT2D eigenvalue weighted by Gasteiger charge is -2.18. The molecule has 7 nitrogen and oxygen atoms in total. The third kappa shape index (κ3) is 4.28. The standard InChI is InChI=1S/C15H20N2O5/c1-9(2)8-12(15(19)22-4)16-14(18)11-6-5-7-13(10(11)3)17(20)21/h5-7,9,12H,8H2,1-4H3,(H,16,18)/t12-/m0/s1. The first-order valence-electron chi connectivity index (χ1n) is 6.90. The molecule has 0 saturated heterocycles. The van der Waals surface area contributed by atoms with Crippen LogP contribution in [0.3, 0.4) is 0 Å². The van der Waals surface area contributed by atoms with Crippen LogP contribution in [0.2, 0.25) is 0 Å². The number of nitrogens with zero attached hydrogens (tertiary/aromatic N) is 1. The molecule has 120 valence electrons. The normalized spacial score (nSPS) is 11.9. The lowest BCUT2D eigenvalue weighted by Crippen LogP contribution is -2.42. The van der Waals surface area contributed by atoms with Crippen LogP contribution in [0, 0.1) is 23.0 Å². The van der Waals surface area contributed by atoms with E-state index in [0.717, 1.165) is 0 Å². The van der Waals surface area contributed by atoms with Crippen LogP contribution < -0.4 is 5.32 Å². The van der Waals surface area contributed by atoms with Gasteiger partial charge in [0.25, 0.3) is 11.6 Å². The average molecular weight is 308 g/mol. The van der Waals surface area contributed by atoms with Crippen molar-refractivity contribution in [3.05, 3.63) is 39.4 Å². The minimum atomic E-state index is -0.781. The van der Waals surface area contributed by atoms with E-state index in [9.17, 15) is 19.7 Å². The zero-order chi connectivity index (χ0) is 16.9. The van der Waals surface area contributed by atoms with Crippen LogP contribution in [0.4, 0.5) is 5.69 Å². The highest BCUT2D eigenvalue weighted by atomic mass is 16.6. The van der Waals surface area contributed by atoms with E-state index >= 15 is 0 Å². The first kappa shape index (κ1) is 17.6. The summed E-state index contributed by atoms with van der Waals surface area (Å²) in [6.07, 6.45) is 0.423. The van der Waals surface area contributed by atoms with Gasteiger partial charge in [0.05, 0.1) is 12.0 Å². The van der Waals surface area contributed by atoms with Crippen LogP contribution in [0.1, 0.15) is 36.2 Å². The predicted octanol–water partition coefficient (Wildman–Crippen LogP) is 2.22. The van der Waals surface area contributed by atoms with E-state index in [1.165, 1.54) is 32.2 Å². The number of methoxy groups -OCH3 is 1. The van der Waals surface area contributed by atoms with E-state index in [-0.39, 0.29) is 22.7 Å². The van der Waals surface area contributed by atoms with E-state index in [2.05, 4.69) is 10.1 Å². The molecule has 0 radical (unpaired) electrons. The van der Waals surface area contributed by atoms with Gasteiger partial charge in [-0.15, -0.1) is 0 Å². The van der Waals surface area contributed by atoms with E-state index in [1.54, 1.807) is 0 Å². The van der Waals surface area contributed by atoms with Crippen LogP contribution in [0.15, 0.2) is 18.2 Å². The number of ether oxygens (including phenoxy) is 1. The summed E-state index contributed by atoms with van der Waals surface area (Å²) in [5.41, 5.74) is 0.302. The third-order valence-corrected chi connectivity index (χ3v) is 3.24. The van der Waals surface area contributed by atoms with Crippen LogP contribution in [0.5, 0.6) is 0 Å². The fourth-order valence-electron chi connectivity index (χ4n) is 2.13. The summed E-state index contributed by atoms with van der Waals surface area (Å²) in [7, 11) is 1.25. The summed E-state index contributed by atoms with van der Waals surface area (Å²) in [5.74, 6) is -0.891. The summed E-state index contributed by atoms with van der Waals surface area (Å²) in [6.45, 7) is 5.34. The van der Waals surface area contributed by atoms with Gasteiger partial charge in [0.15, 0.2) is 0 Å². The number of carbonyl (C=O) groups is 2. The number of carbonyl (C=O) groups excluding carboxylic acids is 2. The number of nitro benzene ring substituents is 1. The number of nitro groups is 1. The van der Waals surface area contributed by atoms with Gasteiger partial charge < -0.3 is 10.1 Å². The zero-order valence-electron chi connectivity index (χ0n) is 13.1. The Morgan fingerprint density at radius 2 is 2.00 bits per heavy atom.